The summed E-state index contributed by atoms with van der Waals surface area (Å²) in [5.74, 6) is 0.820. The second-order valence-electron chi connectivity index (χ2n) is 6.87. The van der Waals surface area contributed by atoms with Crippen molar-refractivity contribution in [3.63, 3.8) is 0 Å². The third-order valence-electron chi connectivity index (χ3n) is 4.08. The fourth-order valence-electron chi connectivity index (χ4n) is 2.62. The Morgan fingerprint density at radius 3 is 2.63 bits per heavy atom. The van der Waals surface area contributed by atoms with Crippen LogP contribution in [0.4, 0.5) is 5.69 Å². The highest BCUT2D eigenvalue weighted by atomic mass is 35.5. The maximum atomic E-state index is 12.2. The molecular weight excluding hydrogens is 412 g/mol. The van der Waals surface area contributed by atoms with Crippen LogP contribution in [-0.4, -0.2) is 30.5 Å². The first-order chi connectivity index (χ1) is 14.3. The van der Waals surface area contributed by atoms with Gasteiger partial charge in [-0.1, -0.05) is 31.5 Å². The standard InChI is InChI=1S/C21H19ClN2O6/c1-12(2)11-29-18-7-4-13(9-19(18)28-3)8-17-21(25)30-20(23-17)15-6-5-14(24(26)27)10-16(15)22/h4-10,12H,11H2,1-3H3/b17-8-. The summed E-state index contributed by atoms with van der Waals surface area (Å²) in [6.07, 6.45) is 1.55. The summed E-state index contributed by atoms with van der Waals surface area (Å²) in [5, 5.41) is 10.9. The monoisotopic (exact) mass is 430 g/mol. The third-order valence-corrected chi connectivity index (χ3v) is 4.39. The van der Waals surface area contributed by atoms with E-state index in [2.05, 4.69) is 4.99 Å². The molecule has 2 aromatic rings. The summed E-state index contributed by atoms with van der Waals surface area (Å²) in [5.41, 5.74) is 0.846. The number of nitro groups is 1. The molecule has 9 heteroatoms. The number of halogens is 1. The smallest absolute Gasteiger partial charge is 0.363 e. The minimum Gasteiger partial charge on any atom is -0.493 e. The van der Waals surface area contributed by atoms with Crippen molar-refractivity contribution in [1.82, 2.24) is 0 Å². The zero-order valence-corrected chi connectivity index (χ0v) is 17.3. The highest BCUT2D eigenvalue weighted by Gasteiger charge is 2.26. The van der Waals surface area contributed by atoms with Gasteiger partial charge in [0.05, 0.1) is 29.2 Å². The van der Waals surface area contributed by atoms with Crippen LogP contribution >= 0.6 is 11.6 Å². The molecule has 1 heterocycles. The highest BCUT2D eigenvalue weighted by molar-refractivity contribution is 6.34. The zero-order chi connectivity index (χ0) is 21.8. The van der Waals surface area contributed by atoms with Gasteiger partial charge in [0, 0.05) is 12.1 Å². The first-order valence-electron chi connectivity index (χ1n) is 9.06. The highest BCUT2D eigenvalue weighted by Crippen LogP contribution is 2.31. The van der Waals surface area contributed by atoms with Crippen molar-refractivity contribution in [2.45, 2.75) is 13.8 Å². The molecule has 1 aliphatic heterocycles. The molecule has 8 nitrogen and oxygen atoms in total. The number of carbonyl (C=O) groups is 1. The van der Waals surface area contributed by atoms with E-state index in [-0.39, 0.29) is 27.9 Å². The largest absolute Gasteiger partial charge is 0.493 e. The molecule has 2 aromatic carbocycles. The van der Waals surface area contributed by atoms with Crippen molar-refractivity contribution in [2.24, 2.45) is 10.9 Å². The topological polar surface area (TPSA) is 100 Å². The van der Waals surface area contributed by atoms with Gasteiger partial charge in [0.1, 0.15) is 0 Å². The van der Waals surface area contributed by atoms with Gasteiger partial charge in [-0.15, -0.1) is 0 Å². The molecule has 0 saturated carbocycles. The quantitative estimate of drug-likeness (QED) is 0.274. The lowest BCUT2D eigenvalue weighted by Gasteiger charge is -2.12. The number of benzene rings is 2. The van der Waals surface area contributed by atoms with Gasteiger partial charge in [-0.25, -0.2) is 9.79 Å². The zero-order valence-electron chi connectivity index (χ0n) is 16.5. The minimum atomic E-state index is -0.654. The van der Waals surface area contributed by atoms with Crippen LogP contribution in [0.3, 0.4) is 0 Å². The Morgan fingerprint density at radius 2 is 2.00 bits per heavy atom. The van der Waals surface area contributed by atoms with Gasteiger partial charge >= 0.3 is 5.97 Å². The number of nitrogens with zero attached hydrogens (tertiary/aromatic N) is 2. The van der Waals surface area contributed by atoms with E-state index in [0.717, 1.165) is 0 Å². The lowest BCUT2D eigenvalue weighted by molar-refractivity contribution is -0.384. The Bertz CT molecular complexity index is 1060. The SMILES string of the molecule is COc1cc(/C=C2\N=C(c3ccc([N+](=O)[O-])cc3Cl)OC2=O)ccc1OCC(C)C. The van der Waals surface area contributed by atoms with Crippen LogP contribution in [0.5, 0.6) is 11.5 Å². The predicted molar refractivity (Wildman–Crippen MR) is 112 cm³/mol. The number of esters is 1. The molecule has 0 radical (unpaired) electrons. The maximum Gasteiger partial charge on any atom is 0.363 e. The number of non-ortho nitro benzene ring substituents is 1. The molecule has 0 bridgehead atoms. The fourth-order valence-corrected chi connectivity index (χ4v) is 2.88. The summed E-state index contributed by atoms with van der Waals surface area (Å²) in [6, 6.07) is 9.08. The van der Waals surface area contributed by atoms with E-state index in [9.17, 15) is 14.9 Å². The number of carbonyl (C=O) groups excluding carboxylic acids is 1. The second kappa shape index (κ2) is 8.96. The number of hydrogen-bond acceptors (Lipinski definition) is 7. The lowest BCUT2D eigenvalue weighted by atomic mass is 10.1. The van der Waals surface area contributed by atoms with Crippen LogP contribution in [0.25, 0.3) is 6.08 Å². The molecule has 0 atom stereocenters. The number of cyclic esters (lactones) is 1. The number of rotatable bonds is 7. The van der Waals surface area contributed by atoms with Gasteiger partial charge in [-0.05, 0) is 35.8 Å². The lowest BCUT2D eigenvalue weighted by Crippen LogP contribution is -2.06. The van der Waals surface area contributed by atoms with E-state index < -0.39 is 10.9 Å². The van der Waals surface area contributed by atoms with E-state index in [1.807, 2.05) is 13.8 Å². The van der Waals surface area contributed by atoms with E-state index in [1.54, 1.807) is 24.3 Å². The number of aliphatic imine (C=N–C) groups is 1. The Hall–Kier alpha value is -3.39. The fraction of sp³-hybridized carbons (Fsp3) is 0.238. The van der Waals surface area contributed by atoms with Gasteiger partial charge in [-0.2, -0.15) is 0 Å². The minimum absolute atomic E-state index is 0.0185. The molecule has 0 aliphatic carbocycles. The number of ether oxygens (including phenoxy) is 3. The van der Waals surface area contributed by atoms with Crippen molar-refractivity contribution in [2.75, 3.05) is 13.7 Å². The van der Waals surface area contributed by atoms with Crippen LogP contribution in [0.2, 0.25) is 5.02 Å². The predicted octanol–water partition coefficient (Wildman–Crippen LogP) is 4.64. The summed E-state index contributed by atoms with van der Waals surface area (Å²) in [7, 11) is 1.53. The summed E-state index contributed by atoms with van der Waals surface area (Å²) in [6.45, 7) is 4.64. The number of nitro benzene ring substituents is 1. The van der Waals surface area contributed by atoms with E-state index in [1.165, 1.54) is 25.3 Å². The van der Waals surface area contributed by atoms with Crippen molar-refractivity contribution in [3.8, 4) is 11.5 Å². The molecule has 0 aromatic heterocycles. The van der Waals surface area contributed by atoms with Crippen LogP contribution in [0.1, 0.15) is 25.0 Å². The molecule has 0 fully saturated rings. The summed E-state index contributed by atoms with van der Waals surface area (Å²) >= 11 is 6.09. The molecular formula is C21H19ClN2O6. The average Bonchev–Trinajstić information content (AvgIpc) is 3.06. The first-order valence-corrected chi connectivity index (χ1v) is 9.44. The molecule has 3 rings (SSSR count). The van der Waals surface area contributed by atoms with E-state index in [4.69, 9.17) is 25.8 Å². The van der Waals surface area contributed by atoms with Gasteiger partial charge in [0.25, 0.3) is 5.69 Å². The van der Waals surface area contributed by atoms with Crippen molar-refractivity contribution in [1.29, 1.82) is 0 Å². The molecule has 156 valence electrons. The molecule has 1 aliphatic rings. The molecule has 0 saturated heterocycles. The molecule has 0 spiro atoms. The van der Waals surface area contributed by atoms with E-state index in [0.29, 0.717) is 29.6 Å². The van der Waals surface area contributed by atoms with Crippen LogP contribution in [-0.2, 0) is 9.53 Å². The Labute approximate surface area is 177 Å². The Kier molecular flexibility index (Phi) is 6.37. The maximum absolute atomic E-state index is 12.2. The van der Waals surface area contributed by atoms with Gasteiger partial charge < -0.3 is 14.2 Å². The normalized spacial score (nSPS) is 14.6. The first kappa shape index (κ1) is 21.3. The third kappa shape index (κ3) is 4.77. The molecule has 0 unspecified atom stereocenters. The Balaban J connectivity index is 1.88. The van der Waals surface area contributed by atoms with Crippen molar-refractivity contribution in [3.05, 3.63) is 68.4 Å². The van der Waals surface area contributed by atoms with Gasteiger partial charge in [0.2, 0.25) is 5.90 Å². The Morgan fingerprint density at radius 1 is 1.23 bits per heavy atom. The second-order valence-corrected chi connectivity index (χ2v) is 7.28. The summed E-state index contributed by atoms with van der Waals surface area (Å²) in [4.78, 5) is 26.7. The molecule has 30 heavy (non-hydrogen) atoms. The van der Waals surface area contributed by atoms with Crippen molar-refractivity contribution >= 4 is 35.2 Å². The van der Waals surface area contributed by atoms with Crippen LogP contribution < -0.4 is 9.47 Å². The molecule has 0 N–H and O–H groups in total. The average molecular weight is 431 g/mol. The van der Waals surface area contributed by atoms with Crippen molar-refractivity contribution < 1.29 is 23.9 Å². The van der Waals surface area contributed by atoms with Crippen LogP contribution in [0, 0.1) is 16.0 Å². The van der Waals surface area contributed by atoms with Gasteiger partial charge in [-0.3, -0.25) is 10.1 Å². The molecule has 0 amide bonds. The number of hydrogen-bond donors (Lipinski definition) is 0. The number of methoxy groups -OCH3 is 1. The van der Waals surface area contributed by atoms with E-state index >= 15 is 0 Å². The van der Waals surface area contributed by atoms with Crippen LogP contribution in [0.15, 0.2) is 47.1 Å². The summed E-state index contributed by atoms with van der Waals surface area (Å²) < 4.78 is 16.3. The van der Waals surface area contributed by atoms with Gasteiger partial charge in [0.15, 0.2) is 17.2 Å².